The van der Waals surface area contributed by atoms with Crippen LogP contribution in [0.3, 0.4) is 0 Å². The second-order valence-electron chi connectivity index (χ2n) is 5.21. The summed E-state index contributed by atoms with van der Waals surface area (Å²) in [6, 6.07) is 7.64. The molecule has 0 radical (unpaired) electrons. The summed E-state index contributed by atoms with van der Waals surface area (Å²) in [5.74, 6) is -0.126. The second kappa shape index (κ2) is 7.17. The highest BCUT2D eigenvalue weighted by Gasteiger charge is 2.22. The Kier molecular flexibility index (Phi) is 5.02. The van der Waals surface area contributed by atoms with Crippen LogP contribution in [0.1, 0.15) is 23.4 Å². The summed E-state index contributed by atoms with van der Waals surface area (Å²) in [6.45, 7) is 1.23. The van der Waals surface area contributed by atoms with Crippen LogP contribution in [0, 0.1) is 5.92 Å². The lowest BCUT2D eigenvalue weighted by Crippen LogP contribution is -2.30. The molecule has 0 bridgehead atoms. The zero-order valence-electron chi connectivity index (χ0n) is 11.9. The number of ether oxygens (including phenoxy) is 1. The second-order valence-corrected chi connectivity index (χ2v) is 6.71. The zero-order valence-corrected chi connectivity index (χ0v) is 13.5. The fourth-order valence-corrected chi connectivity index (χ4v) is 3.34. The Morgan fingerprint density at radius 2 is 2.36 bits per heavy atom. The fraction of sp³-hybridized carbons (Fsp3) is 0.400. The third-order valence-electron chi connectivity index (χ3n) is 3.47. The first-order chi connectivity index (χ1) is 10.7. The van der Waals surface area contributed by atoms with E-state index in [1.807, 2.05) is 24.3 Å². The number of hydrogen-bond donors (Lipinski definition) is 1. The van der Waals surface area contributed by atoms with E-state index < -0.39 is 0 Å². The van der Waals surface area contributed by atoms with Crippen LogP contribution < -0.4 is 5.32 Å². The Balaban J connectivity index is 1.60. The number of nitrogens with zero attached hydrogens (tertiary/aromatic N) is 2. The van der Waals surface area contributed by atoms with Crippen molar-refractivity contribution >= 4 is 34.0 Å². The van der Waals surface area contributed by atoms with Crippen molar-refractivity contribution in [2.75, 3.05) is 18.5 Å². The molecule has 1 aromatic carbocycles. The molecule has 1 aliphatic heterocycles. The fourth-order valence-electron chi connectivity index (χ4n) is 2.35. The number of nitrogens with one attached hydrogen (secondary N) is 1. The number of carbonyl (C=O) groups is 1. The van der Waals surface area contributed by atoms with Gasteiger partial charge in [0.2, 0.25) is 11.0 Å². The topological polar surface area (TPSA) is 64.1 Å². The van der Waals surface area contributed by atoms with E-state index >= 15 is 0 Å². The minimum atomic E-state index is -0.0889. The van der Waals surface area contributed by atoms with Gasteiger partial charge < -0.3 is 10.1 Å². The maximum Gasteiger partial charge on any atom is 0.231 e. The highest BCUT2D eigenvalue weighted by atomic mass is 35.5. The number of carbonyl (C=O) groups excluding carboxylic acids is 1. The molecule has 0 unspecified atom stereocenters. The van der Waals surface area contributed by atoms with Gasteiger partial charge in [0, 0.05) is 18.1 Å². The van der Waals surface area contributed by atoms with Crippen LogP contribution in [0.2, 0.25) is 5.02 Å². The Bertz CT molecular complexity index is 656. The molecule has 1 atom stereocenters. The summed E-state index contributed by atoms with van der Waals surface area (Å²) in [5.41, 5.74) is 1.07. The van der Waals surface area contributed by atoms with E-state index in [1.54, 1.807) is 0 Å². The molecule has 2 aromatic rings. The average Bonchev–Trinajstić information content (AvgIpc) is 2.95. The van der Waals surface area contributed by atoms with Gasteiger partial charge in [0.1, 0.15) is 5.01 Å². The molecule has 3 rings (SSSR count). The van der Waals surface area contributed by atoms with Crippen molar-refractivity contribution in [1.82, 2.24) is 10.2 Å². The van der Waals surface area contributed by atoms with Crippen LogP contribution in [-0.2, 0) is 16.0 Å². The van der Waals surface area contributed by atoms with Gasteiger partial charge in [-0.05, 0) is 30.5 Å². The molecule has 22 heavy (non-hydrogen) atoms. The van der Waals surface area contributed by atoms with Gasteiger partial charge in [-0.3, -0.25) is 4.79 Å². The quantitative estimate of drug-likeness (QED) is 0.930. The van der Waals surface area contributed by atoms with Crippen molar-refractivity contribution in [3.8, 4) is 0 Å². The largest absolute Gasteiger partial charge is 0.381 e. The van der Waals surface area contributed by atoms with Gasteiger partial charge in [0.15, 0.2) is 0 Å². The zero-order chi connectivity index (χ0) is 15.4. The van der Waals surface area contributed by atoms with Crippen molar-refractivity contribution < 1.29 is 9.53 Å². The maximum atomic E-state index is 12.1. The molecule has 7 heteroatoms. The van der Waals surface area contributed by atoms with Crippen molar-refractivity contribution in [2.24, 2.45) is 5.92 Å². The van der Waals surface area contributed by atoms with Crippen molar-refractivity contribution in [3.63, 3.8) is 0 Å². The normalized spacial score (nSPS) is 18.1. The number of halogens is 1. The molecule has 1 aromatic heterocycles. The average molecular weight is 338 g/mol. The first kappa shape index (κ1) is 15.4. The van der Waals surface area contributed by atoms with Crippen LogP contribution in [0.15, 0.2) is 24.3 Å². The number of hydrogen-bond acceptors (Lipinski definition) is 5. The smallest absolute Gasteiger partial charge is 0.231 e. The Morgan fingerprint density at radius 1 is 1.45 bits per heavy atom. The minimum absolute atomic E-state index is 0.0369. The van der Waals surface area contributed by atoms with Gasteiger partial charge in [0.25, 0.3) is 0 Å². The maximum absolute atomic E-state index is 12.1. The molecule has 1 N–H and O–H groups in total. The van der Waals surface area contributed by atoms with E-state index in [1.165, 1.54) is 11.3 Å². The van der Waals surface area contributed by atoms with Gasteiger partial charge in [0.05, 0.1) is 12.5 Å². The van der Waals surface area contributed by atoms with Gasteiger partial charge in [-0.15, -0.1) is 10.2 Å². The molecule has 2 heterocycles. The highest BCUT2D eigenvalue weighted by Crippen LogP contribution is 2.22. The molecular formula is C15H16ClN3O2S. The lowest BCUT2D eigenvalue weighted by molar-refractivity contribution is -0.123. The van der Waals surface area contributed by atoms with E-state index in [4.69, 9.17) is 16.3 Å². The molecule has 1 aliphatic rings. The van der Waals surface area contributed by atoms with E-state index in [-0.39, 0.29) is 11.8 Å². The SMILES string of the molecule is O=C(Nc1nnc(Cc2cccc(Cl)c2)s1)[C@@H]1CCCOC1. The standard InChI is InChI=1S/C15H16ClN3O2S/c16-12-5-1-3-10(7-12)8-13-18-19-15(22-13)17-14(20)11-4-2-6-21-9-11/h1,3,5,7,11H,2,4,6,8-9H2,(H,17,19,20)/t11-/m1/s1. The van der Waals surface area contributed by atoms with Gasteiger partial charge in [-0.1, -0.05) is 35.1 Å². The van der Waals surface area contributed by atoms with E-state index in [0.717, 1.165) is 30.0 Å². The van der Waals surface area contributed by atoms with Gasteiger partial charge >= 0.3 is 0 Å². The Morgan fingerprint density at radius 3 is 3.14 bits per heavy atom. The summed E-state index contributed by atoms with van der Waals surface area (Å²) in [4.78, 5) is 12.1. The van der Waals surface area contributed by atoms with Crippen LogP contribution >= 0.6 is 22.9 Å². The first-order valence-electron chi connectivity index (χ1n) is 7.16. The summed E-state index contributed by atoms with van der Waals surface area (Å²) in [6.07, 6.45) is 2.44. The third-order valence-corrected chi connectivity index (χ3v) is 4.55. The molecule has 0 saturated carbocycles. The molecule has 1 saturated heterocycles. The van der Waals surface area contributed by atoms with E-state index in [9.17, 15) is 4.79 Å². The van der Waals surface area contributed by atoms with E-state index in [0.29, 0.717) is 23.2 Å². The first-order valence-corrected chi connectivity index (χ1v) is 8.35. The monoisotopic (exact) mass is 337 g/mol. The number of amides is 1. The van der Waals surface area contributed by atoms with Gasteiger partial charge in [-0.25, -0.2) is 0 Å². The summed E-state index contributed by atoms with van der Waals surface area (Å²) < 4.78 is 5.33. The molecule has 1 amide bonds. The number of aromatic nitrogens is 2. The van der Waals surface area contributed by atoms with Crippen molar-refractivity contribution in [2.45, 2.75) is 19.3 Å². The molecule has 5 nitrogen and oxygen atoms in total. The molecule has 116 valence electrons. The van der Waals surface area contributed by atoms with Crippen molar-refractivity contribution in [3.05, 3.63) is 39.9 Å². The number of benzene rings is 1. The highest BCUT2D eigenvalue weighted by molar-refractivity contribution is 7.15. The number of anilines is 1. The van der Waals surface area contributed by atoms with Crippen molar-refractivity contribution in [1.29, 1.82) is 0 Å². The summed E-state index contributed by atoms with van der Waals surface area (Å²) in [7, 11) is 0. The molecule has 1 fully saturated rings. The lowest BCUT2D eigenvalue weighted by atomic mass is 10.0. The predicted molar refractivity (Wildman–Crippen MR) is 86.3 cm³/mol. The third kappa shape index (κ3) is 4.03. The molecule has 0 spiro atoms. The van der Waals surface area contributed by atoms with Crippen LogP contribution in [0.4, 0.5) is 5.13 Å². The Hall–Kier alpha value is -1.50. The molecular weight excluding hydrogens is 322 g/mol. The van der Waals surface area contributed by atoms with E-state index in [2.05, 4.69) is 15.5 Å². The Labute approximate surface area is 137 Å². The predicted octanol–water partition coefficient (Wildman–Crippen LogP) is 3.15. The number of rotatable bonds is 4. The summed E-state index contributed by atoms with van der Waals surface area (Å²) in [5, 5.41) is 13.1. The van der Waals surface area contributed by atoms with Gasteiger partial charge in [-0.2, -0.15) is 0 Å². The van der Waals surface area contributed by atoms with Crippen LogP contribution in [0.25, 0.3) is 0 Å². The lowest BCUT2D eigenvalue weighted by Gasteiger charge is -2.20. The summed E-state index contributed by atoms with van der Waals surface area (Å²) >= 11 is 7.36. The van der Waals surface area contributed by atoms with Crippen LogP contribution in [-0.4, -0.2) is 29.3 Å². The van der Waals surface area contributed by atoms with Crippen LogP contribution in [0.5, 0.6) is 0 Å². The minimum Gasteiger partial charge on any atom is -0.381 e. The molecule has 0 aliphatic carbocycles.